The van der Waals surface area contributed by atoms with Crippen LogP contribution in [-0.4, -0.2) is 67.7 Å². The van der Waals surface area contributed by atoms with Gasteiger partial charge < -0.3 is 38.3 Å². The standard InChI is InChI=1S/C27H36O8/c1-25(28)24(32-17-20-14-10-7-11-15-20)23-22(34-26(2,29-4)27(3,30-5)35-23)21(33-25)18-31-16-19-12-8-6-9-13-19/h6-15,21-24,28H,16-18H2,1-5H3/t21-,22-,23+,24-,25?,26+,27+/m1/s1. The Hall–Kier alpha value is -1.88. The van der Waals surface area contributed by atoms with Crippen LogP contribution in [0.4, 0.5) is 0 Å². The fraction of sp³-hybridized carbons (Fsp3) is 0.556. The van der Waals surface area contributed by atoms with Crippen molar-refractivity contribution in [2.24, 2.45) is 0 Å². The van der Waals surface area contributed by atoms with Gasteiger partial charge in [-0.3, -0.25) is 0 Å². The zero-order valence-electron chi connectivity index (χ0n) is 21.0. The molecular formula is C27H36O8. The first-order valence-corrected chi connectivity index (χ1v) is 11.8. The van der Waals surface area contributed by atoms with Crippen LogP contribution in [0.2, 0.25) is 0 Å². The number of benzene rings is 2. The van der Waals surface area contributed by atoms with Crippen molar-refractivity contribution < 1.29 is 38.3 Å². The summed E-state index contributed by atoms with van der Waals surface area (Å²) in [7, 11) is 3.06. The molecule has 0 aliphatic carbocycles. The predicted molar refractivity (Wildman–Crippen MR) is 127 cm³/mol. The van der Waals surface area contributed by atoms with Gasteiger partial charge in [0.1, 0.15) is 24.4 Å². The van der Waals surface area contributed by atoms with Crippen LogP contribution in [0.3, 0.4) is 0 Å². The van der Waals surface area contributed by atoms with Crippen LogP contribution >= 0.6 is 0 Å². The highest BCUT2D eigenvalue weighted by atomic mass is 16.8. The Morgan fingerprint density at radius 2 is 1.26 bits per heavy atom. The van der Waals surface area contributed by atoms with Crippen molar-refractivity contribution in [2.45, 2.75) is 75.8 Å². The van der Waals surface area contributed by atoms with E-state index in [9.17, 15) is 5.11 Å². The summed E-state index contributed by atoms with van der Waals surface area (Å²) in [4.78, 5) is 0. The smallest absolute Gasteiger partial charge is 0.220 e. The summed E-state index contributed by atoms with van der Waals surface area (Å²) in [5.74, 6) is -4.17. The highest BCUT2D eigenvalue weighted by Crippen LogP contribution is 2.46. The van der Waals surface area contributed by atoms with E-state index in [-0.39, 0.29) is 13.2 Å². The van der Waals surface area contributed by atoms with E-state index in [0.29, 0.717) is 6.61 Å². The average molecular weight is 489 g/mol. The summed E-state index contributed by atoms with van der Waals surface area (Å²) in [5, 5.41) is 11.4. The molecule has 0 radical (unpaired) electrons. The van der Waals surface area contributed by atoms with Crippen molar-refractivity contribution in [1.82, 2.24) is 0 Å². The molecule has 2 fully saturated rings. The van der Waals surface area contributed by atoms with Crippen molar-refractivity contribution >= 4 is 0 Å². The van der Waals surface area contributed by atoms with Crippen LogP contribution in [0.25, 0.3) is 0 Å². The molecule has 8 nitrogen and oxygen atoms in total. The van der Waals surface area contributed by atoms with Crippen LogP contribution in [-0.2, 0) is 46.4 Å². The molecule has 192 valence electrons. The summed E-state index contributed by atoms with van der Waals surface area (Å²) in [6.07, 6.45) is -2.89. The van der Waals surface area contributed by atoms with Gasteiger partial charge >= 0.3 is 0 Å². The van der Waals surface area contributed by atoms with E-state index in [1.165, 1.54) is 14.2 Å². The van der Waals surface area contributed by atoms with Crippen molar-refractivity contribution in [3.8, 4) is 0 Å². The van der Waals surface area contributed by atoms with Crippen LogP contribution in [0.15, 0.2) is 60.7 Å². The second-order valence-corrected chi connectivity index (χ2v) is 9.39. The first kappa shape index (κ1) is 26.2. The molecular weight excluding hydrogens is 452 g/mol. The maximum Gasteiger partial charge on any atom is 0.220 e. The third-order valence-electron chi connectivity index (χ3n) is 6.90. The molecule has 1 N–H and O–H groups in total. The fourth-order valence-corrected chi connectivity index (χ4v) is 4.61. The second kappa shape index (κ2) is 10.6. The third-order valence-corrected chi connectivity index (χ3v) is 6.90. The highest BCUT2D eigenvalue weighted by Gasteiger charge is 2.64. The zero-order chi connectivity index (χ0) is 25.1. The van der Waals surface area contributed by atoms with Crippen LogP contribution in [0.5, 0.6) is 0 Å². The van der Waals surface area contributed by atoms with Crippen molar-refractivity contribution in [3.05, 3.63) is 71.8 Å². The lowest BCUT2D eigenvalue weighted by Crippen LogP contribution is -2.75. The molecule has 0 bridgehead atoms. The first-order chi connectivity index (χ1) is 16.7. The van der Waals surface area contributed by atoms with Crippen molar-refractivity contribution in [2.75, 3.05) is 20.8 Å². The van der Waals surface area contributed by atoms with E-state index in [1.807, 2.05) is 60.7 Å². The first-order valence-electron chi connectivity index (χ1n) is 11.8. The number of rotatable bonds is 9. The maximum atomic E-state index is 11.4. The van der Waals surface area contributed by atoms with Gasteiger partial charge in [0, 0.05) is 14.2 Å². The number of fused-ring (bicyclic) bond motifs is 1. The van der Waals surface area contributed by atoms with Gasteiger partial charge in [-0.15, -0.1) is 0 Å². The average Bonchev–Trinajstić information content (AvgIpc) is 2.86. The molecule has 2 aliphatic heterocycles. The van der Waals surface area contributed by atoms with Crippen LogP contribution in [0, 0.1) is 0 Å². The Morgan fingerprint density at radius 3 is 1.80 bits per heavy atom. The van der Waals surface area contributed by atoms with Gasteiger partial charge in [-0.25, -0.2) is 0 Å². The molecule has 1 unspecified atom stereocenters. The van der Waals surface area contributed by atoms with Gasteiger partial charge in [0.25, 0.3) is 0 Å². The summed E-state index contributed by atoms with van der Waals surface area (Å²) >= 11 is 0. The molecule has 2 saturated heterocycles. The molecule has 35 heavy (non-hydrogen) atoms. The largest absolute Gasteiger partial charge is 0.374 e. The topological polar surface area (TPSA) is 84.8 Å². The van der Waals surface area contributed by atoms with E-state index >= 15 is 0 Å². The number of methoxy groups -OCH3 is 2. The normalized spacial score (nSPS) is 37.1. The molecule has 8 heteroatoms. The Labute approximate surface area is 207 Å². The minimum Gasteiger partial charge on any atom is -0.374 e. The molecule has 0 spiro atoms. The van der Waals surface area contributed by atoms with E-state index in [1.54, 1.807) is 20.8 Å². The SMILES string of the molecule is CO[C@@]1(C)O[C@H]2[C@H](O[C@]1(C)OC)[C@@H](COCc1ccccc1)OC(C)(O)[C@@H]2OCc1ccccc1. The summed E-state index contributed by atoms with van der Waals surface area (Å²) in [6, 6.07) is 19.6. The molecule has 2 aromatic carbocycles. The Kier molecular flexibility index (Phi) is 7.95. The summed E-state index contributed by atoms with van der Waals surface area (Å²) in [6.45, 7) is 5.89. The zero-order valence-corrected chi connectivity index (χ0v) is 21.0. The van der Waals surface area contributed by atoms with Gasteiger partial charge in [-0.1, -0.05) is 60.7 Å². The summed E-state index contributed by atoms with van der Waals surface area (Å²) in [5.41, 5.74) is 1.99. The minimum absolute atomic E-state index is 0.171. The minimum atomic E-state index is -1.67. The quantitative estimate of drug-likeness (QED) is 0.575. The monoisotopic (exact) mass is 488 g/mol. The molecule has 7 atom stereocenters. The lowest BCUT2D eigenvalue weighted by Gasteiger charge is -2.58. The molecule has 0 amide bonds. The van der Waals surface area contributed by atoms with Crippen molar-refractivity contribution in [1.29, 1.82) is 0 Å². The molecule has 2 heterocycles. The molecule has 0 saturated carbocycles. The summed E-state index contributed by atoms with van der Waals surface area (Å²) < 4.78 is 42.6. The lowest BCUT2D eigenvalue weighted by molar-refractivity contribution is -0.490. The molecule has 4 rings (SSSR count). The number of hydrogen-bond donors (Lipinski definition) is 1. The second-order valence-electron chi connectivity index (χ2n) is 9.39. The Bertz CT molecular complexity index is 939. The number of hydrogen-bond acceptors (Lipinski definition) is 8. The number of aliphatic hydroxyl groups is 1. The van der Waals surface area contributed by atoms with Gasteiger partial charge in [0.2, 0.25) is 11.6 Å². The van der Waals surface area contributed by atoms with Gasteiger partial charge in [0.15, 0.2) is 5.79 Å². The Morgan fingerprint density at radius 1 is 0.743 bits per heavy atom. The van der Waals surface area contributed by atoms with Gasteiger partial charge in [-0.05, 0) is 31.9 Å². The Balaban J connectivity index is 1.57. The fourth-order valence-electron chi connectivity index (χ4n) is 4.61. The van der Waals surface area contributed by atoms with E-state index in [0.717, 1.165) is 11.1 Å². The van der Waals surface area contributed by atoms with Gasteiger partial charge in [-0.2, -0.15) is 0 Å². The number of ether oxygens (including phenoxy) is 7. The lowest BCUT2D eigenvalue weighted by atomic mass is 9.89. The predicted octanol–water partition coefficient (Wildman–Crippen LogP) is 3.41. The van der Waals surface area contributed by atoms with Crippen LogP contribution < -0.4 is 0 Å². The van der Waals surface area contributed by atoms with Crippen LogP contribution in [0.1, 0.15) is 31.9 Å². The molecule has 2 aliphatic rings. The molecule has 2 aromatic rings. The maximum absolute atomic E-state index is 11.4. The molecule has 0 aromatic heterocycles. The third kappa shape index (κ3) is 5.45. The van der Waals surface area contributed by atoms with E-state index in [2.05, 4.69) is 0 Å². The van der Waals surface area contributed by atoms with E-state index < -0.39 is 41.8 Å². The van der Waals surface area contributed by atoms with Crippen molar-refractivity contribution in [3.63, 3.8) is 0 Å². The van der Waals surface area contributed by atoms with Gasteiger partial charge in [0.05, 0.1) is 19.8 Å². The van der Waals surface area contributed by atoms with E-state index in [4.69, 9.17) is 33.2 Å². The highest BCUT2D eigenvalue weighted by molar-refractivity contribution is 5.14.